The van der Waals surface area contributed by atoms with Gasteiger partial charge in [-0.1, -0.05) is 0 Å². The van der Waals surface area contributed by atoms with Crippen LogP contribution in [0.25, 0.3) is 10.8 Å². The molecule has 0 aliphatic rings. The third-order valence-corrected chi connectivity index (χ3v) is 2.68. The summed E-state index contributed by atoms with van der Waals surface area (Å²) in [7, 11) is 0. The maximum atomic E-state index is 13.7. The van der Waals surface area contributed by atoms with Crippen molar-refractivity contribution in [3.63, 3.8) is 0 Å². The van der Waals surface area contributed by atoms with E-state index in [9.17, 15) is 30.7 Å². The fourth-order valence-corrected chi connectivity index (χ4v) is 1.75. The highest BCUT2D eigenvalue weighted by atomic mass is 19.2. The first-order valence-electron chi connectivity index (χ1n) is 4.93. The molecular weight excluding hydrogens is 277 g/mol. The van der Waals surface area contributed by atoms with E-state index in [1.807, 2.05) is 0 Å². The molecule has 1 radical (unpaired) electrons. The minimum absolute atomic E-state index is 0.620. The van der Waals surface area contributed by atoms with Gasteiger partial charge in [0.15, 0.2) is 34.9 Å². The van der Waals surface area contributed by atoms with Gasteiger partial charge in [-0.25, -0.2) is 30.7 Å². The monoisotopic (exact) mass is 281 g/mol. The minimum atomic E-state index is -2.34. The molecule has 7 heteroatoms. The Morgan fingerprint density at radius 2 is 0.895 bits per heavy atom. The fraction of sp³-hybridized carbons (Fsp3) is 0.0833. The zero-order chi connectivity index (χ0) is 14.5. The lowest BCUT2D eigenvalue weighted by Crippen LogP contribution is -2.07. The average molecular weight is 281 g/mol. The molecule has 0 aliphatic carbocycles. The number of hydrogen-bond acceptors (Lipinski definition) is 0. The highest BCUT2D eigenvalue weighted by Gasteiger charge is 2.29. The first-order valence-corrected chi connectivity index (χ1v) is 4.93. The second kappa shape index (κ2) is 4.40. The SMILES string of the molecule is [CH2]Cc1c(F)c(F)c2c(F)c(F)c(F)c(F)c2c1F. The fourth-order valence-electron chi connectivity index (χ4n) is 1.75. The highest BCUT2D eigenvalue weighted by molar-refractivity contribution is 5.86. The van der Waals surface area contributed by atoms with Gasteiger partial charge < -0.3 is 0 Å². The molecule has 0 nitrogen and oxygen atoms in total. The van der Waals surface area contributed by atoms with Crippen LogP contribution in [0.1, 0.15) is 5.56 Å². The Kier molecular flexibility index (Phi) is 3.15. The van der Waals surface area contributed by atoms with Gasteiger partial charge >= 0.3 is 0 Å². The van der Waals surface area contributed by atoms with Crippen LogP contribution in [0, 0.1) is 47.6 Å². The average Bonchev–Trinajstić information content (AvgIpc) is 2.38. The van der Waals surface area contributed by atoms with Crippen LogP contribution in [-0.2, 0) is 6.42 Å². The molecule has 101 valence electrons. The molecule has 2 aromatic carbocycles. The van der Waals surface area contributed by atoms with Crippen LogP contribution in [0.15, 0.2) is 0 Å². The van der Waals surface area contributed by atoms with Gasteiger partial charge in [-0.2, -0.15) is 0 Å². The lowest BCUT2D eigenvalue weighted by molar-refractivity contribution is 0.411. The molecule has 0 saturated carbocycles. The predicted molar refractivity (Wildman–Crippen MR) is 52.7 cm³/mol. The van der Waals surface area contributed by atoms with Crippen LogP contribution >= 0.6 is 0 Å². The molecule has 0 aliphatic heterocycles. The van der Waals surface area contributed by atoms with Gasteiger partial charge in [0.2, 0.25) is 0 Å². The van der Waals surface area contributed by atoms with E-state index in [0.29, 0.717) is 0 Å². The summed E-state index contributed by atoms with van der Waals surface area (Å²) < 4.78 is 93.2. The standard InChI is InChI=1S/C12H4F7/c1-2-3-6(13)4-5(8(15)7(3)14)10(17)12(19)11(18)9(4)16/h1-2H2. The van der Waals surface area contributed by atoms with Gasteiger partial charge in [-0.15, -0.1) is 0 Å². The highest BCUT2D eigenvalue weighted by Crippen LogP contribution is 2.34. The Hall–Kier alpha value is -1.79. The van der Waals surface area contributed by atoms with E-state index in [4.69, 9.17) is 0 Å². The molecular formula is C12H4F7. The second-order valence-electron chi connectivity index (χ2n) is 3.68. The topological polar surface area (TPSA) is 0 Å². The first kappa shape index (κ1) is 13.6. The number of benzene rings is 2. The van der Waals surface area contributed by atoms with E-state index in [-0.39, 0.29) is 0 Å². The Morgan fingerprint density at radius 3 is 1.32 bits per heavy atom. The van der Waals surface area contributed by atoms with E-state index >= 15 is 0 Å². The largest absolute Gasteiger partial charge is 0.206 e. The van der Waals surface area contributed by atoms with E-state index in [0.717, 1.165) is 0 Å². The number of hydrogen-bond donors (Lipinski definition) is 0. The summed E-state index contributed by atoms with van der Waals surface area (Å²) in [4.78, 5) is 0. The van der Waals surface area contributed by atoms with E-state index < -0.39 is 63.5 Å². The van der Waals surface area contributed by atoms with Gasteiger partial charge in [0.05, 0.1) is 10.8 Å². The van der Waals surface area contributed by atoms with Crippen molar-refractivity contribution < 1.29 is 30.7 Å². The van der Waals surface area contributed by atoms with Crippen molar-refractivity contribution in [1.29, 1.82) is 0 Å². The van der Waals surface area contributed by atoms with Gasteiger partial charge in [-0.3, -0.25) is 0 Å². The van der Waals surface area contributed by atoms with Crippen molar-refractivity contribution in [2.45, 2.75) is 6.42 Å². The van der Waals surface area contributed by atoms with Gasteiger partial charge in [0.25, 0.3) is 0 Å². The van der Waals surface area contributed by atoms with Crippen molar-refractivity contribution in [2.24, 2.45) is 0 Å². The summed E-state index contributed by atoms with van der Waals surface area (Å²) >= 11 is 0. The minimum Gasteiger partial charge on any atom is -0.206 e. The molecule has 0 N–H and O–H groups in total. The third kappa shape index (κ3) is 1.67. The van der Waals surface area contributed by atoms with Gasteiger partial charge in [0, 0.05) is 5.56 Å². The smallest absolute Gasteiger partial charge is 0.198 e. The van der Waals surface area contributed by atoms with E-state index in [1.54, 1.807) is 0 Å². The molecule has 0 atom stereocenters. The Balaban J connectivity index is 3.18. The zero-order valence-corrected chi connectivity index (χ0v) is 9.06. The Labute approximate surface area is 102 Å². The van der Waals surface area contributed by atoms with Gasteiger partial charge in [-0.05, 0) is 13.3 Å². The Bertz CT molecular complexity index is 691. The van der Waals surface area contributed by atoms with Crippen molar-refractivity contribution in [3.8, 4) is 0 Å². The van der Waals surface area contributed by atoms with E-state index in [1.165, 1.54) is 0 Å². The van der Waals surface area contributed by atoms with Crippen LogP contribution in [-0.4, -0.2) is 0 Å². The van der Waals surface area contributed by atoms with Gasteiger partial charge in [0.1, 0.15) is 5.82 Å². The molecule has 0 amide bonds. The molecule has 0 unspecified atom stereocenters. The van der Waals surface area contributed by atoms with Crippen molar-refractivity contribution in [3.05, 3.63) is 53.2 Å². The van der Waals surface area contributed by atoms with Crippen LogP contribution in [0.2, 0.25) is 0 Å². The van der Waals surface area contributed by atoms with E-state index in [2.05, 4.69) is 6.92 Å². The second-order valence-corrected chi connectivity index (χ2v) is 3.68. The molecule has 0 spiro atoms. The summed E-state index contributed by atoms with van der Waals surface area (Å²) in [6.45, 7) is 3.09. The third-order valence-electron chi connectivity index (χ3n) is 2.68. The zero-order valence-electron chi connectivity index (χ0n) is 9.06. The molecule has 2 rings (SSSR count). The lowest BCUT2D eigenvalue weighted by atomic mass is 10.0. The number of fused-ring (bicyclic) bond motifs is 1. The Morgan fingerprint density at radius 1 is 0.526 bits per heavy atom. The van der Waals surface area contributed by atoms with Crippen molar-refractivity contribution in [2.75, 3.05) is 0 Å². The predicted octanol–water partition coefficient (Wildman–Crippen LogP) is 4.19. The van der Waals surface area contributed by atoms with Crippen LogP contribution in [0.5, 0.6) is 0 Å². The summed E-state index contributed by atoms with van der Waals surface area (Å²) in [5.41, 5.74) is -0.977. The number of halogens is 7. The maximum Gasteiger partial charge on any atom is 0.198 e. The maximum absolute atomic E-state index is 13.7. The van der Waals surface area contributed by atoms with Crippen LogP contribution < -0.4 is 0 Å². The molecule has 0 heterocycles. The quantitative estimate of drug-likeness (QED) is 0.417. The lowest BCUT2D eigenvalue weighted by Gasteiger charge is -2.11. The van der Waals surface area contributed by atoms with Crippen LogP contribution in [0.4, 0.5) is 30.7 Å². The van der Waals surface area contributed by atoms with Crippen molar-refractivity contribution in [1.82, 2.24) is 0 Å². The normalized spacial score (nSPS) is 11.4. The number of rotatable bonds is 1. The van der Waals surface area contributed by atoms with Crippen molar-refractivity contribution >= 4 is 10.8 Å². The summed E-state index contributed by atoms with van der Waals surface area (Å²) in [5, 5.41) is -3.09. The molecule has 0 bridgehead atoms. The van der Waals surface area contributed by atoms with Crippen LogP contribution in [0.3, 0.4) is 0 Å². The molecule has 0 aromatic heterocycles. The summed E-state index contributed by atoms with van der Waals surface area (Å²) in [6, 6.07) is 0. The first-order chi connectivity index (χ1) is 8.82. The molecule has 2 aromatic rings. The molecule has 19 heavy (non-hydrogen) atoms. The summed E-state index contributed by atoms with van der Waals surface area (Å²) in [6.07, 6.45) is -0.620. The molecule has 0 saturated heterocycles. The summed E-state index contributed by atoms with van der Waals surface area (Å²) in [5.74, 6) is -14.5. The molecule has 0 fully saturated rings.